The highest BCUT2D eigenvalue weighted by Gasteiger charge is 2.28. The van der Waals surface area contributed by atoms with Crippen molar-refractivity contribution in [2.45, 2.75) is 25.4 Å². The second kappa shape index (κ2) is 5.66. The van der Waals surface area contributed by atoms with Crippen molar-refractivity contribution in [1.29, 1.82) is 0 Å². The van der Waals surface area contributed by atoms with Crippen molar-refractivity contribution in [3.8, 4) is 0 Å². The molecule has 3 heteroatoms. The number of fused-ring (bicyclic) bond motifs is 1. The van der Waals surface area contributed by atoms with Crippen molar-refractivity contribution >= 4 is 15.9 Å². The van der Waals surface area contributed by atoms with E-state index >= 15 is 0 Å². The van der Waals surface area contributed by atoms with E-state index in [0.29, 0.717) is 6.42 Å². The number of aliphatic hydroxyl groups is 1. The quantitative estimate of drug-likeness (QED) is 0.861. The second-order valence-corrected chi connectivity index (χ2v) is 6.24. The summed E-state index contributed by atoms with van der Waals surface area (Å²) in [6.07, 6.45) is 2.13. The molecule has 104 valence electrons. The van der Waals surface area contributed by atoms with Crippen LogP contribution in [0.2, 0.25) is 0 Å². The van der Waals surface area contributed by atoms with Crippen LogP contribution in [0.25, 0.3) is 0 Å². The van der Waals surface area contributed by atoms with Gasteiger partial charge in [-0.15, -0.1) is 0 Å². The maximum Gasteiger partial charge on any atom is 0.123 e. The van der Waals surface area contributed by atoms with Crippen LogP contribution < -0.4 is 0 Å². The van der Waals surface area contributed by atoms with Gasteiger partial charge in [0.2, 0.25) is 0 Å². The Bertz CT molecular complexity index is 626. The normalized spacial score (nSPS) is 21.6. The predicted molar refractivity (Wildman–Crippen MR) is 81.0 cm³/mol. The van der Waals surface area contributed by atoms with Crippen molar-refractivity contribution in [3.63, 3.8) is 0 Å². The number of aliphatic hydroxyl groups excluding tert-OH is 1. The highest BCUT2D eigenvalue weighted by atomic mass is 79.9. The fraction of sp³-hybridized carbons (Fsp3) is 0.294. The number of rotatable bonds is 2. The van der Waals surface area contributed by atoms with E-state index in [1.807, 2.05) is 18.2 Å². The SMILES string of the molecule is OC1c2ccccc2CCC1Cc1cc(F)ccc1Br. The smallest absolute Gasteiger partial charge is 0.123 e. The Kier molecular flexibility index (Phi) is 3.90. The largest absolute Gasteiger partial charge is 0.388 e. The van der Waals surface area contributed by atoms with Gasteiger partial charge < -0.3 is 5.11 Å². The standard InChI is InChI=1S/C17H16BrFO/c18-16-8-7-14(19)10-13(16)9-12-6-5-11-3-1-2-4-15(11)17(12)20/h1-4,7-8,10,12,17,20H,5-6,9H2. The molecule has 0 saturated heterocycles. The highest BCUT2D eigenvalue weighted by molar-refractivity contribution is 9.10. The molecule has 2 unspecified atom stereocenters. The van der Waals surface area contributed by atoms with E-state index < -0.39 is 6.10 Å². The fourth-order valence-corrected chi connectivity index (χ4v) is 3.41. The summed E-state index contributed by atoms with van der Waals surface area (Å²) in [5, 5.41) is 10.5. The molecule has 1 aliphatic carbocycles. The van der Waals surface area contributed by atoms with Crippen LogP contribution in [-0.2, 0) is 12.8 Å². The molecule has 0 fully saturated rings. The third-order valence-corrected chi connectivity index (χ3v) is 4.87. The van der Waals surface area contributed by atoms with Crippen molar-refractivity contribution < 1.29 is 9.50 Å². The Morgan fingerprint density at radius 1 is 1.20 bits per heavy atom. The lowest BCUT2D eigenvalue weighted by atomic mass is 9.78. The molecule has 2 aromatic carbocycles. The number of aryl methyl sites for hydroxylation is 1. The number of halogens is 2. The molecule has 0 spiro atoms. The molecule has 0 heterocycles. The van der Waals surface area contributed by atoms with Gasteiger partial charge in [-0.25, -0.2) is 4.39 Å². The van der Waals surface area contributed by atoms with Crippen LogP contribution in [0.15, 0.2) is 46.9 Å². The Labute approximate surface area is 126 Å². The highest BCUT2D eigenvalue weighted by Crippen LogP contribution is 2.37. The summed E-state index contributed by atoms with van der Waals surface area (Å²) >= 11 is 3.46. The summed E-state index contributed by atoms with van der Waals surface area (Å²) in [5.74, 6) is -0.0862. The minimum absolute atomic E-state index is 0.142. The molecule has 0 radical (unpaired) electrons. The van der Waals surface area contributed by atoms with E-state index in [2.05, 4.69) is 22.0 Å². The van der Waals surface area contributed by atoms with Gasteiger partial charge in [-0.05, 0) is 60.1 Å². The summed E-state index contributed by atoms with van der Waals surface area (Å²) in [7, 11) is 0. The minimum Gasteiger partial charge on any atom is -0.388 e. The van der Waals surface area contributed by atoms with Crippen LogP contribution in [0.5, 0.6) is 0 Å². The first-order valence-corrected chi connectivity index (χ1v) is 7.64. The lowest BCUT2D eigenvalue weighted by Crippen LogP contribution is -2.22. The predicted octanol–water partition coefficient (Wildman–Crippen LogP) is 4.43. The zero-order valence-electron chi connectivity index (χ0n) is 11.0. The molecule has 2 aromatic rings. The molecule has 0 amide bonds. The monoisotopic (exact) mass is 334 g/mol. The molecule has 1 nitrogen and oxygen atoms in total. The number of hydrogen-bond donors (Lipinski definition) is 1. The molecule has 0 bridgehead atoms. The maximum absolute atomic E-state index is 13.4. The fourth-order valence-electron chi connectivity index (χ4n) is 3.00. The van der Waals surface area contributed by atoms with Crippen LogP contribution in [-0.4, -0.2) is 5.11 Å². The molecular weight excluding hydrogens is 319 g/mol. The Balaban J connectivity index is 1.84. The topological polar surface area (TPSA) is 20.2 Å². The third kappa shape index (κ3) is 2.65. The van der Waals surface area contributed by atoms with Gasteiger partial charge >= 0.3 is 0 Å². The van der Waals surface area contributed by atoms with Crippen molar-refractivity contribution in [2.24, 2.45) is 5.92 Å². The zero-order chi connectivity index (χ0) is 14.1. The van der Waals surface area contributed by atoms with E-state index in [-0.39, 0.29) is 11.7 Å². The van der Waals surface area contributed by atoms with Crippen LogP contribution in [0.1, 0.15) is 29.2 Å². The molecule has 0 saturated carbocycles. The summed E-state index contributed by atoms with van der Waals surface area (Å²) in [4.78, 5) is 0. The van der Waals surface area contributed by atoms with Gasteiger partial charge in [0.1, 0.15) is 5.82 Å². The summed E-state index contributed by atoms with van der Waals surface area (Å²) < 4.78 is 14.3. The minimum atomic E-state index is -0.463. The van der Waals surface area contributed by atoms with E-state index in [0.717, 1.165) is 28.4 Å². The van der Waals surface area contributed by atoms with Gasteiger partial charge in [0.05, 0.1) is 6.10 Å². The van der Waals surface area contributed by atoms with Gasteiger partial charge in [-0.2, -0.15) is 0 Å². The van der Waals surface area contributed by atoms with Gasteiger partial charge in [0.25, 0.3) is 0 Å². The van der Waals surface area contributed by atoms with E-state index in [1.165, 1.54) is 11.6 Å². The van der Waals surface area contributed by atoms with Crippen LogP contribution in [0, 0.1) is 11.7 Å². The van der Waals surface area contributed by atoms with Gasteiger partial charge in [0, 0.05) is 4.47 Å². The van der Waals surface area contributed by atoms with Crippen molar-refractivity contribution in [2.75, 3.05) is 0 Å². The molecule has 0 aromatic heterocycles. The first-order chi connectivity index (χ1) is 9.65. The number of hydrogen-bond acceptors (Lipinski definition) is 1. The summed E-state index contributed by atoms with van der Waals surface area (Å²) in [6.45, 7) is 0. The molecule has 20 heavy (non-hydrogen) atoms. The lowest BCUT2D eigenvalue weighted by molar-refractivity contribution is 0.0935. The third-order valence-electron chi connectivity index (χ3n) is 4.09. The van der Waals surface area contributed by atoms with E-state index in [9.17, 15) is 9.50 Å². The average Bonchev–Trinajstić information content (AvgIpc) is 2.46. The Hall–Kier alpha value is -1.19. The molecule has 3 rings (SSSR count). The lowest BCUT2D eigenvalue weighted by Gasteiger charge is -2.30. The molecule has 0 aliphatic heterocycles. The van der Waals surface area contributed by atoms with Crippen molar-refractivity contribution in [3.05, 3.63) is 69.4 Å². The molecular formula is C17H16BrFO. The van der Waals surface area contributed by atoms with Crippen LogP contribution >= 0.6 is 15.9 Å². The number of benzene rings is 2. The zero-order valence-corrected chi connectivity index (χ0v) is 12.6. The van der Waals surface area contributed by atoms with Gasteiger partial charge in [-0.1, -0.05) is 40.2 Å². The Morgan fingerprint density at radius 3 is 2.85 bits per heavy atom. The van der Waals surface area contributed by atoms with E-state index in [4.69, 9.17) is 0 Å². The summed E-state index contributed by atoms with van der Waals surface area (Å²) in [6, 6.07) is 12.8. The first-order valence-electron chi connectivity index (χ1n) is 6.85. The van der Waals surface area contributed by atoms with E-state index in [1.54, 1.807) is 12.1 Å². The van der Waals surface area contributed by atoms with Crippen molar-refractivity contribution in [1.82, 2.24) is 0 Å². The Morgan fingerprint density at radius 2 is 2.00 bits per heavy atom. The maximum atomic E-state index is 13.4. The molecule has 1 N–H and O–H groups in total. The molecule has 2 atom stereocenters. The van der Waals surface area contributed by atoms with Gasteiger partial charge in [-0.3, -0.25) is 0 Å². The van der Waals surface area contributed by atoms with Crippen LogP contribution in [0.4, 0.5) is 4.39 Å². The molecule has 1 aliphatic rings. The first kappa shape index (κ1) is 13.8. The average molecular weight is 335 g/mol. The summed E-state index contributed by atoms with van der Waals surface area (Å²) in [5.41, 5.74) is 3.18. The second-order valence-electron chi connectivity index (χ2n) is 5.38. The van der Waals surface area contributed by atoms with Gasteiger partial charge in [0.15, 0.2) is 0 Å². The van der Waals surface area contributed by atoms with Crippen LogP contribution in [0.3, 0.4) is 0 Å².